The number of sulfone groups is 1. The Kier molecular flexibility index (Phi) is 4.87. The van der Waals surface area contributed by atoms with Crippen molar-refractivity contribution in [2.24, 2.45) is 5.73 Å². The number of hydrogen-bond acceptors (Lipinski definition) is 6. The summed E-state index contributed by atoms with van der Waals surface area (Å²) in [6.07, 6.45) is 7.56. The SMILES string of the molecule is CS(=O)(=O)C1CCN(C(=O)C=Cc2cnn3cc(C(N)=O)c(=O)[nH]c23)CC1. The zero-order valence-corrected chi connectivity index (χ0v) is 15.4. The molecule has 10 nitrogen and oxygen atoms in total. The number of aromatic amines is 1. The maximum atomic E-state index is 12.3. The summed E-state index contributed by atoms with van der Waals surface area (Å²) in [6, 6.07) is 0. The predicted molar refractivity (Wildman–Crippen MR) is 97.8 cm³/mol. The number of nitrogens with two attached hydrogens (primary N) is 1. The molecule has 1 aliphatic rings. The molecule has 144 valence electrons. The summed E-state index contributed by atoms with van der Waals surface area (Å²) in [5, 5.41) is 3.62. The third-order valence-corrected chi connectivity index (χ3v) is 6.26. The summed E-state index contributed by atoms with van der Waals surface area (Å²) in [4.78, 5) is 39.5. The van der Waals surface area contributed by atoms with Gasteiger partial charge in [0.2, 0.25) is 5.91 Å². The minimum atomic E-state index is -3.09. The second-order valence-corrected chi connectivity index (χ2v) is 8.77. The van der Waals surface area contributed by atoms with E-state index in [4.69, 9.17) is 5.73 Å². The van der Waals surface area contributed by atoms with Gasteiger partial charge in [-0.25, -0.2) is 12.9 Å². The van der Waals surface area contributed by atoms with Crippen LogP contribution in [0.2, 0.25) is 0 Å². The molecule has 0 saturated carbocycles. The van der Waals surface area contributed by atoms with Crippen molar-refractivity contribution in [1.82, 2.24) is 19.5 Å². The Hall–Kier alpha value is -2.95. The molecule has 3 N–H and O–H groups in total. The van der Waals surface area contributed by atoms with E-state index in [1.54, 1.807) is 4.90 Å². The van der Waals surface area contributed by atoms with Gasteiger partial charge in [-0.1, -0.05) is 0 Å². The van der Waals surface area contributed by atoms with Gasteiger partial charge in [-0.05, 0) is 18.9 Å². The molecule has 11 heteroatoms. The molecule has 2 aromatic rings. The van der Waals surface area contributed by atoms with Gasteiger partial charge in [0.1, 0.15) is 21.0 Å². The number of carbonyl (C=O) groups is 2. The van der Waals surface area contributed by atoms with Crippen LogP contribution in [0.1, 0.15) is 28.8 Å². The molecule has 2 aromatic heterocycles. The molecule has 0 bridgehead atoms. The monoisotopic (exact) mass is 393 g/mol. The van der Waals surface area contributed by atoms with Crippen molar-refractivity contribution in [2.45, 2.75) is 18.1 Å². The number of aromatic nitrogens is 3. The zero-order valence-electron chi connectivity index (χ0n) is 14.6. The molecule has 0 aromatic carbocycles. The molecule has 0 spiro atoms. The van der Waals surface area contributed by atoms with Crippen LogP contribution in [0.3, 0.4) is 0 Å². The van der Waals surface area contributed by atoms with Crippen molar-refractivity contribution in [3.63, 3.8) is 0 Å². The maximum Gasteiger partial charge on any atom is 0.264 e. The molecular formula is C16H19N5O5S. The van der Waals surface area contributed by atoms with Crippen molar-refractivity contribution in [2.75, 3.05) is 19.3 Å². The van der Waals surface area contributed by atoms with E-state index in [0.717, 1.165) is 0 Å². The maximum absolute atomic E-state index is 12.3. The molecule has 0 unspecified atom stereocenters. The first-order chi connectivity index (χ1) is 12.7. The fourth-order valence-electron chi connectivity index (χ4n) is 3.03. The van der Waals surface area contributed by atoms with E-state index in [-0.39, 0.29) is 11.5 Å². The van der Waals surface area contributed by atoms with Gasteiger partial charge in [-0.2, -0.15) is 5.10 Å². The average Bonchev–Trinajstić information content (AvgIpc) is 3.00. The molecule has 0 aliphatic carbocycles. The Morgan fingerprint density at radius 1 is 1.33 bits per heavy atom. The lowest BCUT2D eigenvalue weighted by Crippen LogP contribution is -2.41. The highest BCUT2D eigenvalue weighted by Crippen LogP contribution is 2.18. The summed E-state index contributed by atoms with van der Waals surface area (Å²) in [6.45, 7) is 0.739. The largest absolute Gasteiger partial charge is 0.365 e. The Morgan fingerprint density at radius 2 is 2.00 bits per heavy atom. The molecule has 0 radical (unpaired) electrons. The smallest absolute Gasteiger partial charge is 0.264 e. The van der Waals surface area contributed by atoms with Gasteiger partial charge >= 0.3 is 0 Å². The van der Waals surface area contributed by atoms with Crippen molar-refractivity contribution in [3.8, 4) is 0 Å². The third-order valence-electron chi connectivity index (χ3n) is 4.58. The van der Waals surface area contributed by atoms with Crippen LogP contribution < -0.4 is 11.3 Å². The number of primary amides is 1. The number of nitrogens with zero attached hydrogens (tertiary/aromatic N) is 3. The number of fused-ring (bicyclic) bond motifs is 1. The summed E-state index contributed by atoms with van der Waals surface area (Å²) in [7, 11) is -3.09. The first-order valence-electron chi connectivity index (χ1n) is 8.23. The topological polar surface area (TPSA) is 148 Å². The van der Waals surface area contributed by atoms with Crippen LogP contribution >= 0.6 is 0 Å². The lowest BCUT2D eigenvalue weighted by Gasteiger charge is -2.30. The van der Waals surface area contributed by atoms with Crippen molar-refractivity contribution in [3.05, 3.63) is 40.0 Å². The Bertz CT molecular complexity index is 1090. The number of hydrogen-bond donors (Lipinski definition) is 2. The van der Waals surface area contributed by atoms with Gasteiger partial charge in [0.05, 0.1) is 11.4 Å². The van der Waals surface area contributed by atoms with Crippen molar-refractivity contribution >= 4 is 33.4 Å². The van der Waals surface area contributed by atoms with Crippen LogP contribution in [0.15, 0.2) is 23.3 Å². The van der Waals surface area contributed by atoms with Gasteiger partial charge in [0.15, 0.2) is 0 Å². The highest BCUT2D eigenvalue weighted by molar-refractivity contribution is 7.91. The number of amides is 2. The van der Waals surface area contributed by atoms with E-state index in [1.165, 1.54) is 35.3 Å². The van der Waals surface area contributed by atoms with E-state index in [0.29, 0.717) is 37.1 Å². The standard InChI is InChI=1S/C16H19N5O5S/c1-27(25,26)11-4-6-20(7-5-11)13(22)3-2-10-8-18-21-9-12(14(17)23)16(24)19-15(10)21/h2-3,8-9,11H,4-7H2,1H3,(H2,17,23)(H,19,24). The predicted octanol–water partition coefficient (Wildman–Crippen LogP) is -0.830. The molecule has 3 rings (SSSR count). The average molecular weight is 393 g/mol. The molecule has 2 amide bonds. The van der Waals surface area contributed by atoms with Crippen LogP contribution in [0, 0.1) is 0 Å². The van der Waals surface area contributed by atoms with Gasteiger partial charge in [-0.3, -0.25) is 14.4 Å². The summed E-state index contributed by atoms with van der Waals surface area (Å²) in [5.74, 6) is -1.11. The van der Waals surface area contributed by atoms with Crippen LogP contribution in [0.4, 0.5) is 0 Å². The van der Waals surface area contributed by atoms with Crippen LogP contribution in [0.25, 0.3) is 11.7 Å². The van der Waals surface area contributed by atoms with Crippen molar-refractivity contribution < 1.29 is 18.0 Å². The van der Waals surface area contributed by atoms with Gasteiger partial charge in [0, 0.05) is 37.2 Å². The van der Waals surface area contributed by atoms with E-state index in [1.807, 2.05) is 0 Å². The summed E-state index contributed by atoms with van der Waals surface area (Å²) >= 11 is 0. The summed E-state index contributed by atoms with van der Waals surface area (Å²) in [5.41, 5.74) is 5.08. The van der Waals surface area contributed by atoms with E-state index in [2.05, 4.69) is 10.1 Å². The van der Waals surface area contributed by atoms with Gasteiger partial charge in [0.25, 0.3) is 11.5 Å². The van der Waals surface area contributed by atoms with Crippen LogP contribution in [-0.2, 0) is 14.6 Å². The number of piperidine rings is 1. The Balaban J connectivity index is 1.75. The minimum Gasteiger partial charge on any atom is -0.365 e. The van der Waals surface area contributed by atoms with Gasteiger partial charge in [-0.15, -0.1) is 0 Å². The van der Waals surface area contributed by atoms with Crippen LogP contribution in [-0.4, -0.2) is 64.3 Å². The molecular weight excluding hydrogens is 374 g/mol. The normalized spacial score (nSPS) is 16.3. The molecule has 1 fully saturated rings. The number of carbonyl (C=O) groups excluding carboxylic acids is 2. The third kappa shape index (κ3) is 3.92. The van der Waals surface area contributed by atoms with E-state index in [9.17, 15) is 22.8 Å². The highest BCUT2D eigenvalue weighted by atomic mass is 32.2. The first kappa shape index (κ1) is 18.8. The van der Waals surface area contributed by atoms with E-state index < -0.39 is 26.6 Å². The lowest BCUT2D eigenvalue weighted by atomic mass is 10.1. The number of nitrogens with one attached hydrogen (secondary N) is 1. The summed E-state index contributed by atoms with van der Waals surface area (Å²) < 4.78 is 24.4. The van der Waals surface area contributed by atoms with Gasteiger partial charge < -0.3 is 15.6 Å². The molecule has 1 saturated heterocycles. The molecule has 27 heavy (non-hydrogen) atoms. The number of H-pyrrole nitrogens is 1. The van der Waals surface area contributed by atoms with Crippen molar-refractivity contribution in [1.29, 1.82) is 0 Å². The van der Waals surface area contributed by atoms with Crippen LogP contribution in [0.5, 0.6) is 0 Å². The molecule has 1 aliphatic heterocycles. The van der Waals surface area contributed by atoms with E-state index >= 15 is 0 Å². The first-order valence-corrected chi connectivity index (χ1v) is 10.2. The minimum absolute atomic E-state index is 0.217. The zero-order chi connectivity index (χ0) is 19.8. The quantitative estimate of drug-likeness (QED) is 0.648. The molecule has 0 atom stereocenters. The Labute approximate surface area is 154 Å². The lowest BCUT2D eigenvalue weighted by molar-refractivity contribution is -0.126. The second kappa shape index (κ2) is 6.99. The Morgan fingerprint density at radius 3 is 2.59 bits per heavy atom. The second-order valence-electron chi connectivity index (χ2n) is 6.44. The number of likely N-dealkylation sites (tertiary alicyclic amines) is 1. The fraction of sp³-hybridized carbons (Fsp3) is 0.375. The highest BCUT2D eigenvalue weighted by Gasteiger charge is 2.27. The number of rotatable bonds is 4. The molecule has 3 heterocycles. The fourth-order valence-corrected chi connectivity index (χ4v) is 4.09.